The van der Waals surface area contributed by atoms with Crippen LogP contribution >= 0.6 is 0 Å². The van der Waals surface area contributed by atoms with Crippen molar-refractivity contribution in [1.82, 2.24) is 14.5 Å². The lowest BCUT2D eigenvalue weighted by atomic mass is 10.1. The minimum Gasteiger partial charge on any atom is -0.508 e. The van der Waals surface area contributed by atoms with Crippen LogP contribution in [0.2, 0.25) is 0 Å². The van der Waals surface area contributed by atoms with Crippen molar-refractivity contribution >= 4 is 0 Å². The number of hydrogen-bond acceptors (Lipinski definition) is 4. The molecular weight excluding hydrogens is 479 g/mol. The predicted molar refractivity (Wildman–Crippen MR) is 137 cm³/mol. The summed E-state index contributed by atoms with van der Waals surface area (Å²) in [5.74, 6) is 0.558. The zero-order valence-electron chi connectivity index (χ0n) is 20.6. The highest BCUT2D eigenvalue weighted by molar-refractivity contribution is 5.57. The summed E-state index contributed by atoms with van der Waals surface area (Å²) < 4.78 is 44.7. The molecule has 0 amide bonds. The molecule has 4 aromatic rings. The van der Waals surface area contributed by atoms with Gasteiger partial charge in [0.1, 0.15) is 17.3 Å². The quantitative estimate of drug-likeness (QED) is 0.242. The SMILES string of the molecule is CCCCn1c(-c2ccccc2)nc(C(F)(F)F)c1CN(Cc1ccc(O)cc1)Cc1ccc(O)cc1. The third kappa shape index (κ3) is 6.71. The van der Waals surface area contributed by atoms with Gasteiger partial charge in [0.05, 0.1) is 5.69 Å². The molecule has 0 radical (unpaired) electrons. The summed E-state index contributed by atoms with van der Waals surface area (Å²) in [4.78, 5) is 6.06. The van der Waals surface area contributed by atoms with Crippen LogP contribution in [0.5, 0.6) is 11.5 Å². The van der Waals surface area contributed by atoms with Crippen LogP contribution in [0.1, 0.15) is 42.3 Å². The van der Waals surface area contributed by atoms with Crippen LogP contribution in [0.15, 0.2) is 78.9 Å². The van der Waals surface area contributed by atoms with Gasteiger partial charge in [-0.2, -0.15) is 13.2 Å². The monoisotopic (exact) mass is 509 g/mol. The Morgan fingerprint density at radius 3 is 1.81 bits per heavy atom. The van der Waals surface area contributed by atoms with Gasteiger partial charge in [-0.1, -0.05) is 67.9 Å². The van der Waals surface area contributed by atoms with E-state index in [1.807, 2.05) is 17.9 Å². The molecule has 8 heteroatoms. The molecule has 0 aliphatic carbocycles. The molecule has 0 atom stereocenters. The van der Waals surface area contributed by atoms with E-state index in [2.05, 4.69) is 4.98 Å². The highest BCUT2D eigenvalue weighted by atomic mass is 19.4. The number of imidazole rings is 1. The van der Waals surface area contributed by atoms with Gasteiger partial charge >= 0.3 is 6.18 Å². The van der Waals surface area contributed by atoms with E-state index in [0.29, 0.717) is 31.0 Å². The van der Waals surface area contributed by atoms with E-state index in [-0.39, 0.29) is 23.7 Å². The van der Waals surface area contributed by atoms with Crippen LogP contribution in [-0.4, -0.2) is 24.7 Å². The Kier molecular flexibility index (Phi) is 8.18. The van der Waals surface area contributed by atoms with Crippen molar-refractivity contribution in [3.63, 3.8) is 0 Å². The molecule has 0 saturated heterocycles. The second-order valence-electron chi connectivity index (χ2n) is 9.08. The van der Waals surface area contributed by atoms with Gasteiger partial charge in [-0.25, -0.2) is 4.98 Å². The van der Waals surface area contributed by atoms with E-state index < -0.39 is 11.9 Å². The van der Waals surface area contributed by atoms with Crippen molar-refractivity contribution in [2.24, 2.45) is 0 Å². The normalized spacial score (nSPS) is 11.8. The van der Waals surface area contributed by atoms with E-state index in [1.54, 1.807) is 77.4 Å². The van der Waals surface area contributed by atoms with Gasteiger partial charge < -0.3 is 14.8 Å². The van der Waals surface area contributed by atoms with Gasteiger partial charge in [0, 0.05) is 31.7 Å². The number of unbranched alkanes of at least 4 members (excludes halogenated alkanes) is 1. The Labute approximate surface area is 214 Å². The summed E-state index contributed by atoms with van der Waals surface area (Å²) in [7, 11) is 0. The molecule has 194 valence electrons. The molecule has 0 unspecified atom stereocenters. The molecule has 4 rings (SSSR count). The molecule has 1 heterocycles. The van der Waals surface area contributed by atoms with Crippen molar-refractivity contribution in [3.05, 3.63) is 101 Å². The standard InChI is InChI=1S/C29H30F3N3O2/c1-2-3-17-35-26(27(29(30,31)32)33-28(35)23-7-5-4-6-8-23)20-34(18-21-9-13-24(36)14-10-21)19-22-11-15-25(37)16-12-22/h4-16,36-37H,2-3,17-20H2,1H3. The average Bonchev–Trinajstić information content (AvgIpc) is 3.24. The number of rotatable bonds is 10. The van der Waals surface area contributed by atoms with E-state index in [4.69, 9.17) is 0 Å². The summed E-state index contributed by atoms with van der Waals surface area (Å²) in [6.07, 6.45) is -3.06. The molecular formula is C29H30F3N3O2. The first kappa shape index (κ1) is 26.3. The highest BCUT2D eigenvalue weighted by Crippen LogP contribution is 2.36. The first-order valence-electron chi connectivity index (χ1n) is 12.2. The fraction of sp³-hybridized carbons (Fsp3) is 0.276. The average molecular weight is 510 g/mol. The summed E-state index contributed by atoms with van der Waals surface area (Å²) in [5.41, 5.74) is 1.60. The van der Waals surface area contributed by atoms with Gasteiger partial charge in [-0.05, 0) is 41.8 Å². The third-order valence-electron chi connectivity index (χ3n) is 6.17. The topological polar surface area (TPSA) is 61.5 Å². The fourth-order valence-electron chi connectivity index (χ4n) is 4.34. The Morgan fingerprint density at radius 1 is 0.784 bits per heavy atom. The minimum atomic E-state index is -4.61. The number of nitrogens with zero attached hydrogens (tertiary/aromatic N) is 3. The Bertz CT molecular complexity index is 1240. The second kappa shape index (κ2) is 11.5. The number of aromatic nitrogens is 2. The maximum Gasteiger partial charge on any atom is 0.435 e. The van der Waals surface area contributed by atoms with Crippen molar-refractivity contribution in [2.75, 3.05) is 0 Å². The van der Waals surface area contributed by atoms with Gasteiger partial charge in [0.25, 0.3) is 0 Å². The predicted octanol–water partition coefficient (Wildman–Crippen LogP) is 6.98. The number of halogens is 3. The number of phenolic OH excluding ortho intramolecular Hbond substituents is 2. The van der Waals surface area contributed by atoms with Crippen molar-refractivity contribution in [1.29, 1.82) is 0 Å². The maximum atomic E-state index is 14.3. The summed E-state index contributed by atoms with van der Waals surface area (Å²) in [6, 6.07) is 22.3. The number of hydrogen-bond donors (Lipinski definition) is 2. The number of aromatic hydroxyl groups is 2. The zero-order chi connectivity index (χ0) is 26.4. The smallest absolute Gasteiger partial charge is 0.435 e. The second-order valence-corrected chi connectivity index (χ2v) is 9.08. The van der Waals surface area contributed by atoms with Crippen molar-refractivity contribution in [3.8, 4) is 22.9 Å². The summed E-state index contributed by atoms with van der Waals surface area (Å²) in [5, 5.41) is 19.3. The molecule has 0 aliphatic heterocycles. The van der Waals surface area contributed by atoms with Crippen molar-refractivity contribution < 1.29 is 23.4 Å². The lowest BCUT2D eigenvalue weighted by Crippen LogP contribution is -2.26. The van der Waals surface area contributed by atoms with E-state index in [9.17, 15) is 23.4 Å². The van der Waals surface area contributed by atoms with Crippen LogP contribution in [-0.2, 0) is 32.4 Å². The molecule has 0 spiro atoms. The fourth-order valence-corrected chi connectivity index (χ4v) is 4.34. The molecule has 37 heavy (non-hydrogen) atoms. The van der Waals surface area contributed by atoms with E-state index in [1.165, 1.54) is 0 Å². The number of phenols is 2. The van der Waals surface area contributed by atoms with Gasteiger partial charge in [-0.3, -0.25) is 4.90 Å². The molecule has 0 saturated carbocycles. The molecule has 1 aromatic heterocycles. The van der Waals surface area contributed by atoms with Crippen LogP contribution in [0.25, 0.3) is 11.4 Å². The largest absolute Gasteiger partial charge is 0.508 e. The first-order valence-corrected chi connectivity index (χ1v) is 12.2. The Morgan fingerprint density at radius 2 is 1.32 bits per heavy atom. The first-order chi connectivity index (χ1) is 17.7. The number of alkyl halides is 3. The molecule has 0 aliphatic rings. The Hall–Kier alpha value is -3.78. The third-order valence-corrected chi connectivity index (χ3v) is 6.17. The van der Waals surface area contributed by atoms with Crippen LogP contribution < -0.4 is 0 Å². The lowest BCUT2D eigenvalue weighted by Gasteiger charge is -2.25. The van der Waals surface area contributed by atoms with Crippen LogP contribution in [0, 0.1) is 0 Å². The summed E-state index contributed by atoms with van der Waals surface area (Å²) in [6.45, 7) is 3.16. The molecule has 5 nitrogen and oxygen atoms in total. The zero-order valence-corrected chi connectivity index (χ0v) is 20.6. The Balaban J connectivity index is 1.78. The van der Waals surface area contributed by atoms with Gasteiger partial charge in [0.2, 0.25) is 0 Å². The van der Waals surface area contributed by atoms with E-state index >= 15 is 0 Å². The van der Waals surface area contributed by atoms with Crippen LogP contribution in [0.4, 0.5) is 13.2 Å². The van der Waals surface area contributed by atoms with Crippen LogP contribution in [0.3, 0.4) is 0 Å². The molecule has 2 N–H and O–H groups in total. The van der Waals surface area contributed by atoms with E-state index in [0.717, 1.165) is 24.0 Å². The number of benzene rings is 3. The van der Waals surface area contributed by atoms with Gasteiger partial charge in [0.15, 0.2) is 5.69 Å². The highest BCUT2D eigenvalue weighted by Gasteiger charge is 2.39. The van der Waals surface area contributed by atoms with Gasteiger partial charge in [-0.15, -0.1) is 0 Å². The molecule has 0 fully saturated rings. The minimum absolute atomic E-state index is 0.0140. The van der Waals surface area contributed by atoms with Crippen molar-refractivity contribution in [2.45, 2.75) is 52.1 Å². The molecule has 0 bridgehead atoms. The maximum absolute atomic E-state index is 14.3. The summed E-state index contributed by atoms with van der Waals surface area (Å²) >= 11 is 0. The molecule has 3 aromatic carbocycles. The lowest BCUT2D eigenvalue weighted by molar-refractivity contribution is -0.141.